The van der Waals surface area contributed by atoms with Crippen LogP contribution in [0.3, 0.4) is 0 Å². The molecule has 4 aliphatic carbocycles. The maximum atomic E-state index is 11.8. The summed E-state index contributed by atoms with van der Waals surface area (Å²) in [6.07, 6.45) is 11.9. The van der Waals surface area contributed by atoms with Crippen molar-refractivity contribution in [3.63, 3.8) is 0 Å². The van der Waals surface area contributed by atoms with E-state index in [4.69, 9.17) is 0 Å². The first kappa shape index (κ1) is 17.2. The zero-order chi connectivity index (χ0) is 16.8. The molecule has 0 aromatic heterocycles. The number of hydrogen-bond acceptors (Lipinski definition) is 2. The highest BCUT2D eigenvalue weighted by Crippen LogP contribution is 2.64. The molecule has 130 valence electrons. The second-order valence-corrected chi connectivity index (χ2v) is 8.66. The molecule has 23 heavy (non-hydrogen) atoms. The number of carbonyl (C=O) groups excluding carboxylic acids is 1. The van der Waals surface area contributed by atoms with Gasteiger partial charge in [0.05, 0.1) is 6.10 Å². The quantitative estimate of drug-likeness (QED) is 0.699. The molecule has 3 saturated carbocycles. The minimum Gasteiger partial charge on any atom is -0.393 e. The first-order valence-electron chi connectivity index (χ1n) is 9.85. The minimum atomic E-state index is -0.0857. The van der Waals surface area contributed by atoms with Crippen LogP contribution in [0, 0.1) is 34.5 Å². The van der Waals surface area contributed by atoms with Crippen LogP contribution in [0.15, 0.2) is 12.2 Å². The molecule has 0 spiro atoms. The second-order valence-electron chi connectivity index (χ2n) is 8.66. The van der Waals surface area contributed by atoms with E-state index in [-0.39, 0.29) is 16.9 Å². The first-order valence-corrected chi connectivity index (χ1v) is 9.85. The SMILES string of the molecule is CC.CC12CCC3C(CC[C@H]4CC(=O)C=CC34C)C1CCC2O. The van der Waals surface area contributed by atoms with Crippen LogP contribution < -0.4 is 0 Å². The Hall–Kier alpha value is -0.630. The number of allylic oxidation sites excluding steroid dienone is 2. The lowest BCUT2D eigenvalue weighted by atomic mass is 9.46. The molecule has 0 saturated heterocycles. The Morgan fingerprint density at radius 2 is 1.78 bits per heavy atom. The Kier molecular flexibility index (Phi) is 4.50. The number of ketones is 1. The third-order valence-corrected chi connectivity index (χ3v) is 7.99. The molecular formula is C21H34O2. The van der Waals surface area contributed by atoms with Gasteiger partial charge in [0.25, 0.3) is 0 Å². The van der Waals surface area contributed by atoms with Crippen LogP contribution in [-0.2, 0) is 4.79 Å². The third kappa shape index (κ3) is 2.44. The number of aliphatic hydroxyl groups excluding tert-OH is 1. The molecule has 1 N–H and O–H groups in total. The fraction of sp³-hybridized carbons (Fsp3) is 0.857. The maximum Gasteiger partial charge on any atom is 0.155 e. The number of carbonyl (C=O) groups is 1. The van der Waals surface area contributed by atoms with E-state index in [1.54, 1.807) is 0 Å². The van der Waals surface area contributed by atoms with Crippen LogP contribution in [0.2, 0.25) is 0 Å². The predicted molar refractivity (Wildman–Crippen MR) is 94.0 cm³/mol. The molecule has 2 heteroatoms. The van der Waals surface area contributed by atoms with Crippen LogP contribution in [0.4, 0.5) is 0 Å². The van der Waals surface area contributed by atoms with Gasteiger partial charge in [-0.2, -0.15) is 0 Å². The summed E-state index contributed by atoms with van der Waals surface area (Å²) in [6.45, 7) is 8.74. The van der Waals surface area contributed by atoms with Crippen molar-refractivity contribution in [3.05, 3.63) is 12.2 Å². The van der Waals surface area contributed by atoms with Gasteiger partial charge in [-0.1, -0.05) is 33.8 Å². The maximum absolute atomic E-state index is 11.8. The van der Waals surface area contributed by atoms with Gasteiger partial charge >= 0.3 is 0 Å². The number of fused-ring (bicyclic) bond motifs is 5. The van der Waals surface area contributed by atoms with Crippen molar-refractivity contribution in [3.8, 4) is 0 Å². The van der Waals surface area contributed by atoms with Gasteiger partial charge in [-0.15, -0.1) is 0 Å². The van der Waals surface area contributed by atoms with E-state index in [0.29, 0.717) is 17.6 Å². The summed E-state index contributed by atoms with van der Waals surface area (Å²) in [5, 5.41) is 10.4. The van der Waals surface area contributed by atoms with Crippen molar-refractivity contribution in [1.29, 1.82) is 0 Å². The number of rotatable bonds is 0. The highest BCUT2D eigenvalue weighted by Gasteiger charge is 2.59. The lowest BCUT2D eigenvalue weighted by Gasteiger charge is -2.58. The van der Waals surface area contributed by atoms with E-state index >= 15 is 0 Å². The van der Waals surface area contributed by atoms with E-state index in [2.05, 4.69) is 19.9 Å². The molecule has 0 aromatic carbocycles. The lowest BCUT2D eigenvalue weighted by molar-refractivity contribution is -0.123. The Bertz CT molecular complexity index is 496. The molecule has 0 aromatic rings. The first-order chi connectivity index (χ1) is 10.9. The molecule has 0 heterocycles. The smallest absolute Gasteiger partial charge is 0.155 e. The van der Waals surface area contributed by atoms with Crippen LogP contribution in [0.1, 0.15) is 72.6 Å². The summed E-state index contributed by atoms with van der Waals surface area (Å²) in [4.78, 5) is 11.8. The van der Waals surface area contributed by atoms with Gasteiger partial charge in [-0.25, -0.2) is 0 Å². The number of hydrogen-bond donors (Lipinski definition) is 1. The predicted octanol–water partition coefficient (Wildman–Crippen LogP) is 4.76. The van der Waals surface area contributed by atoms with Crippen molar-refractivity contribution in [1.82, 2.24) is 0 Å². The summed E-state index contributed by atoms with van der Waals surface area (Å²) in [5.74, 6) is 3.08. The van der Waals surface area contributed by atoms with Crippen molar-refractivity contribution in [2.45, 2.75) is 78.7 Å². The summed E-state index contributed by atoms with van der Waals surface area (Å²) >= 11 is 0. The lowest BCUT2D eigenvalue weighted by Crippen LogP contribution is -2.52. The van der Waals surface area contributed by atoms with Gasteiger partial charge in [0.2, 0.25) is 0 Å². The molecule has 0 bridgehead atoms. The van der Waals surface area contributed by atoms with Gasteiger partial charge in [-0.3, -0.25) is 4.79 Å². The van der Waals surface area contributed by atoms with E-state index in [1.807, 2.05) is 19.9 Å². The Morgan fingerprint density at radius 1 is 1.04 bits per heavy atom. The largest absolute Gasteiger partial charge is 0.393 e. The van der Waals surface area contributed by atoms with Crippen LogP contribution >= 0.6 is 0 Å². The monoisotopic (exact) mass is 318 g/mol. The van der Waals surface area contributed by atoms with Gasteiger partial charge in [0.1, 0.15) is 0 Å². The average molecular weight is 319 g/mol. The summed E-state index contributed by atoms with van der Waals surface area (Å²) in [7, 11) is 0. The number of aliphatic hydroxyl groups is 1. The van der Waals surface area contributed by atoms with Crippen LogP contribution in [0.5, 0.6) is 0 Å². The second kappa shape index (κ2) is 6.02. The molecule has 4 aliphatic rings. The Labute approximate surface area is 141 Å². The highest BCUT2D eigenvalue weighted by atomic mass is 16.3. The van der Waals surface area contributed by atoms with Crippen LogP contribution in [0.25, 0.3) is 0 Å². The molecule has 0 radical (unpaired) electrons. The van der Waals surface area contributed by atoms with E-state index in [0.717, 1.165) is 24.7 Å². The molecular weight excluding hydrogens is 284 g/mol. The highest BCUT2D eigenvalue weighted by molar-refractivity contribution is 5.91. The molecule has 2 nitrogen and oxygen atoms in total. The average Bonchev–Trinajstić information content (AvgIpc) is 2.86. The zero-order valence-electron chi connectivity index (χ0n) is 15.3. The van der Waals surface area contributed by atoms with Gasteiger partial charge in [-0.05, 0) is 79.1 Å². The topological polar surface area (TPSA) is 37.3 Å². The van der Waals surface area contributed by atoms with Crippen LogP contribution in [-0.4, -0.2) is 17.0 Å². The summed E-state index contributed by atoms with van der Waals surface area (Å²) in [6, 6.07) is 0. The van der Waals surface area contributed by atoms with Gasteiger partial charge in [0.15, 0.2) is 5.78 Å². The molecule has 6 unspecified atom stereocenters. The fourth-order valence-corrected chi connectivity index (χ4v) is 6.61. The Morgan fingerprint density at radius 3 is 2.52 bits per heavy atom. The van der Waals surface area contributed by atoms with Gasteiger partial charge < -0.3 is 5.11 Å². The fourth-order valence-electron chi connectivity index (χ4n) is 6.61. The molecule has 4 rings (SSSR count). The molecule has 7 atom stereocenters. The van der Waals surface area contributed by atoms with Crippen molar-refractivity contribution < 1.29 is 9.90 Å². The normalized spacial score (nSPS) is 51.2. The summed E-state index contributed by atoms with van der Waals surface area (Å²) in [5.41, 5.74) is 0.393. The van der Waals surface area contributed by atoms with Crippen molar-refractivity contribution in [2.75, 3.05) is 0 Å². The standard InChI is InChI=1S/C19H28O2.C2H6/c1-18-9-7-13(20)11-12(18)3-4-14-15-5-6-17(21)19(15,2)10-8-16(14)18;1-2/h7,9,12,14-17,21H,3-6,8,10-11H2,1-2H3;1-2H3/t12-,14?,15?,16?,17?,18?,19?;/m0./s1. The van der Waals surface area contributed by atoms with E-state index in [1.165, 1.54) is 32.1 Å². The van der Waals surface area contributed by atoms with Crippen molar-refractivity contribution >= 4 is 5.78 Å². The molecule has 0 aliphatic heterocycles. The molecule has 0 amide bonds. The third-order valence-electron chi connectivity index (χ3n) is 7.99. The molecule has 3 fully saturated rings. The Balaban J connectivity index is 0.000000753. The van der Waals surface area contributed by atoms with Crippen molar-refractivity contribution in [2.24, 2.45) is 34.5 Å². The van der Waals surface area contributed by atoms with E-state index in [9.17, 15) is 9.90 Å². The van der Waals surface area contributed by atoms with Gasteiger partial charge in [0, 0.05) is 6.42 Å². The van der Waals surface area contributed by atoms with E-state index < -0.39 is 0 Å². The summed E-state index contributed by atoms with van der Waals surface area (Å²) < 4.78 is 0. The minimum absolute atomic E-state index is 0.0857. The zero-order valence-corrected chi connectivity index (χ0v) is 15.3.